The normalized spacial score (nSPS) is 18.4. The summed E-state index contributed by atoms with van der Waals surface area (Å²) in [7, 11) is 0. The number of nitro benzene ring substituents is 1. The van der Waals surface area contributed by atoms with E-state index >= 15 is 0 Å². The Labute approximate surface area is 126 Å². The fraction of sp³-hybridized carbons (Fsp3) is 0.286. The van der Waals surface area contributed by atoms with E-state index in [1.54, 1.807) is 13.0 Å². The first-order valence-electron chi connectivity index (χ1n) is 6.63. The molecule has 0 aromatic heterocycles. The van der Waals surface area contributed by atoms with E-state index in [0.717, 1.165) is 0 Å². The van der Waals surface area contributed by atoms with Crippen molar-refractivity contribution in [1.29, 1.82) is 0 Å². The van der Waals surface area contributed by atoms with Gasteiger partial charge in [-0.05, 0) is 19.4 Å². The lowest BCUT2D eigenvalue weighted by Crippen LogP contribution is -2.37. The number of nitro groups is 1. The highest BCUT2D eigenvalue weighted by molar-refractivity contribution is 6.03. The van der Waals surface area contributed by atoms with Crippen LogP contribution in [0.25, 0.3) is 0 Å². The molecule has 0 fully saturated rings. The molecule has 0 spiro atoms. The molecule has 2 amide bonds. The molecule has 8 nitrogen and oxygen atoms in total. The van der Waals surface area contributed by atoms with Crippen molar-refractivity contribution in [2.24, 2.45) is 0 Å². The number of benzene rings is 1. The quantitative estimate of drug-likeness (QED) is 0.650. The Morgan fingerprint density at radius 2 is 2.09 bits per heavy atom. The molecule has 1 aliphatic heterocycles. The topological polar surface area (TPSA) is 111 Å². The minimum absolute atomic E-state index is 0.0953. The first-order chi connectivity index (χ1) is 10.4. The Balaban J connectivity index is 2.42. The lowest BCUT2D eigenvalue weighted by molar-refractivity contribution is -0.384. The predicted octanol–water partition coefficient (Wildman–Crippen LogP) is 1.79. The van der Waals surface area contributed by atoms with Gasteiger partial charge in [0.05, 0.1) is 17.1 Å². The van der Waals surface area contributed by atoms with E-state index in [2.05, 4.69) is 10.6 Å². The largest absolute Gasteiger partial charge is 0.479 e. The number of ether oxygens (including phenoxy) is 1. The zero-order valence-electron chi connectivity index (χ0n) is 12.1. The Morgan fingerprint density at radius 3 is 2.73 bits per heavy atom. The van der Waals surface area contributed by atoms with E-state index in [1.165, 1.54) is 25.1 Å². The molecular formula is C14H15N3O5. The van der Waals surface area contributed by atoms with Gasteiger partial charge in [-0.3, -0.25) is 20.2 Å². The Kier molecular flexibility index (Phi) is 4.40. The number of hydrogen-bond donors (Lipinski definition) is 2. The van der Waals surface area contributed by atoms with Gasteiger partial charge in [-0.25, -0.2) is 4.79 Å². The summed E-state index contributed by atoms with van der Waals surface area (Å²) >= 11 is 0. The van der Waals surface area contributed by atoms with Gasteiger partial charge < -0.3 is 10.1 Å². The van der Waals surface area contributed by atoms with Gasteiger partial charge in [0.25, 0.3) is 5.69 Å². The number of Topliss-reactive ketones (excluding diaryl/α,β-unsaturated/α-hetero) is 1. The Hall–Kier alpha value is -2.90. The highest BCUT2D eigenvalue weighted by atomic mass is 16.6. The van der Waals surface area contributed by atoms with Crippen LogP contribution in [-0.4, -0.2) is 23.3 Å². The van der Waals surface area contributed by atoms with Crippen LogP contribution in [0, 0.1) is 10.1 Å². The maximum absolute atomic E-state index is 12.5. The molecule has 0 radical (unpaired) electrons. The van der Waals surface area contributed by atoms with Crippen molar-refractivity contribution in [3.63, 3.8) is 0 Å². The third-order valence-electron chi connectivity index (χ3n) is 3.18. The smallest absolute Gasteiger partial charge is 0.322 e. The van der Waals surface area contributed by atoms with Crippen LogP contribution in [0.3, 0.4) is 0 Å². The Bertz CT molecular complexity index is 668. The van der Waals surface area contributed by atoms with Crippen LogP contribution in [0.1, 0.15) is 25.5 Å². The molecule has 0 bridgehead atoms. The Morgan fingerprint density at radius 1 is 1.36 bits per heavy atom. The lowest BCUT2D eigenvalue weighted by Gasteiger charge is -2.14. The zero-order chi connectivity index (χ0) is 16.3. The molecule has 2 rings (SSSR count). The number of ketones is 1. The van der Waals surface area contributed by atoms with Crippen molar-refractivity contribution < 1.29 is 19.2 Å². The molecule has 1 atom stereocenters. The fourth-order valence-electron chi connectivity index (χ4n) is 2.10. The van der Waals surface area contributed by atoms with Gasteiger partial charge in [-0.2, -0.15) is 0 Å². The highest BCUT2D eigenvalue weighted by Crippen LogP contribution is 2.24. The average Bonchev–Trinajstić information content (AvgIpc) is 2.60. The molecular weight excluding hydrogens is 290 g/mol. The molecule has 22 heavy (non-hydrogen) atoms. The van der Waals surface area contributed by atoms with Gasteiger partial charge in [-0.15, -0.1) is 0 Å². The van der Waals surface area contributed by atoms with Crippen molar-refractivity contribution in [3.05, 3.63) is 51.4 Å². The summed E-state index contributed by atoms with van der Waals surface area (Å²) in [5, 5.41) is 15.8. The molecule has 0 saturated carbocycles. The number of rotatable bonds is 4. The summed E-state index contributed by atoms with van der Waals surface area (Å²) in [6, 6.07) is 3.99. The summed E-state index contributed by atoms with van der Waals surface area (Å²) < 4.78 is 5.24. The maximum Gasteiger partial charge on any atom is 0.322 e. The summed E-state index contributed by atoms with van der Waals surface area (Å²) in [6.07, 6.45) is 0. The molecule has 0 unspecified atom stereocenters. The van der Waals surface area contributed by atoms with Gasteiger partial charge in [0.2, 0.25) is 5.88 Å². The lowest BCUT2D eigenvalue weighted by atomic mass is 9.98. The second kappa shape index (κ2) is 6.25. The summed E-state index contributed by atoms with van der Waals surface area (Å²) in [6.45, 7) is 3.56. The monoisotopic (exact) mass is 305 g/mol. The van der Waals surface area contributed by atoms with Gasteiger partial charge in [0, 0.05) is 12.1 Å². The van der Waals surface area contributed by atoms with Crippen molar-refractivity contribution in [1.82, 2.24) is 10.6 Å². The summed E-state index contributed by atoms with van der Waals surface area (Å²) in [5.41, 5.74) is 0.437. The van der Waals surface area contributed by atoms with E-state index in [4.69, 9.17) is 4.74 Å². The number of amides is 2. The van der Waals surface area contributed by atoms with Crippen LogP contribution >= 0.6 is 0 Å². The van der Waals surface area contributed by atoms with E-state index in [9.17, 15) is 19.7 Å². The van der Waals surface area contributed by atoms with Crippen LogP contribution in [0.2, 0.25) is 0 Å². The molecule has 0 saturated heterocycles. The molecule has 8 heteroatoms. The number of carbonyl (C=O) groups excluding carboxylic acids is 2. The first kappa shape index (κ1) is 15.5. The van der Waals surface area contributed by atoms with E-state index in [1.807, 2.05) is 0 Å². The first-order valence-corrected chi connectivity index (χ1v) is 6.63. The van der Waals surface area contributed by atoms with Crippen LogP contribution in [-0.2, 0) is 9.53 Å². The van der Waals surface area contributed by atoms with Crippen molar-refractivity contribution in [2.75, 3.05) is 6.61 Å². The molecule has 2 N–H and O–H groups in total. The second-order valence-electron chi connectivity index (χ2n) is 4.63. The van der Waals surface area contributed by atoms with Crippen molar-refractivity contribution >= 4 is 17.5 Å². The SMILES string of the molecule is CCOC1=C(C)C(=O)[C@H](c2cccc([N+](=O)[O-])c2)NC(=O)N1. The van der Waals surface area contributed by atoms with Crippen LogP contribution in [0.15, 0.2) is 35.7 Å². The van der Waals surface area contributed by atoms with E-state index < -0.39 is 17.0 Å². The zero-order valence-corrected chi connectivity index (χ0v) is 12.1. The van der Waals surface area contributed by atoms with Gasteiger partial charge >= 0.3 is 6.03 Å². The van der Waals surface area contributed by atoms with Crippen molar-refractivity contribution in [2.45, 2.75) is 19.9 Å². The number of urea groups is 1. The molecule has 116 valence electrons. The number of nitrogens with zero attached hydrogens (tertiary/aromatic N) is 1. The third-order valence-corrected chi connectivity index (χ3v) is 3.18. The minimum atomic E-state index is -1.00. The van der Waals surface area contributed by atoms with Crippen molar-refractivity contribution in [3.8, 4) is 0 Å². The average molecular weight is 305 g/mol. The molecule has 0 aliphatic carbocycles. The molecule has 1 aromatic rings. The molecule has 1 heterocycles. The van der Waals surface area contributed by atoms with E-state index in [-0.39, 0.29) is 22.9 Å². The fourth-order valence-corrected chi connectivity index (χ4v) is 2.10. The summed E-state index contributed by atoms with van der Waals surface area (Å²) in [5.74, 6) is -0.291. The number of hydrogen-bond acceptors (Lipinski definition) is 5. The molecule has 1 aromatic carbocycles. The highest BCUT2D eigenvalue weighted by Gasteiger charge is 2.31. The third kappa shape index (κ3) is 3.05. The second-order valence-corrected chi connectivity index (χ2v) is 4.63. The number of carbonyl (C=O) groups is 2. The van der Waals surface area contributed by atoms with Gasteiger partial charge in [0.1, 0.15) is 6.04 Å². The number of nitrogens with one attached hydrogen (secondary N) is 2. The summed E-state index contributed by atoms with van der Waals surface area (Å²) in [4.78, 5) is 34.6. The van der Waals surface area contributed by atoms with Gasteiger partial charge in [-0.1, -0.05) is 12.1 Å². The van der Waals surface area contributed by atoms with Crippen LogP contribution in [0.4, 0.5) is 10.5 Å². The van der Waals surface area contributed by atoms with E-state index in [0.29, 0.717) is 12.2 Å². The van der Waals surface area contributed by atoms with Crippen LogP contribution in [0.5, 0.6) is 0 Å². The maximum atomic E-state index is 12.5. The number of non-ortho nitro benzene ring substituents is 1. The van der Waals surface area contributed by atoms with Gasteiger partial charge in [0.15, 0.2) is 5.78 Å². The standard InChI is InChI=1S/C14H15N3O5/c1-3-22-13-8(2)12(18)11(15-14(19)16-13)9-5-4-6-10(7-9)17(20)21/h4-7,11H,3H2,1-2H3,(H2,15,16,19)/t11-/m0/s1. The minimum Gasteiger partial charge on any atom is -0.479 e. The predicted molar refractivity (Wildman–Crippen MR) is 76.8 cm³/mol. The van der Waals surface area contributed by atoms with Crippen LogP contribution < -0.4 is 10.6 Å². The molecule has 1 aliphatic rings.